The summed E-state index contributed by atoms with van der Waals surface area (Å²) in [6.07, 6.45) is 0. The minimum Gasteiger partial charge on any atom is -0.317 e. The van der Waals surface area contributed by atoms with Crippen molar-refractivity contribution in [2.24, 2.45) is 4.99 Å². The molecular formula is C23H20ClN3O3S2. The number of carbonyl (C=O) groups is 1. The number of fused-ring (bicyclic) bond motifs is 1. The summed E-state index contributed by atoms with van der Waals surface area (Å²) in [5, 5.41) is 0.453. The highest BCUT2D eigenvalue weighted by Crippen LogP contribution is 2.20. The Labute approximate surface area is 194 Å². The Morgan fingerprint density at radius 1 is 1.06 bits per heavy atom. The molecule has 0 saturated carbocycles. The lowest BCUT2D eigenvalue weighted by atomic mass is 10.2. The summed E-state index contributed by atoms with van der Waals surface area (Å²) in [5.74, 6) is -0.386. The van der Waals surface area contributed by atoms with Crippen LogP contribution in [-0.4, -0.2) is 18.9 Å². The van der Waals surface area contributed by atoms with E-state index in [1.165, 1.54) is 35.6 Å². The maximum atomic E-state index is 12.8. The summed E-state index contributed by atoms with van der Waals surface area (Å²) in [5.41, 5.74) is 2.91. The monoisotopic (exact) mass is 485 g/mol. The van der Waals surface area contributed by atoms with Crippen molar-refractivity contribution in [2.45, 2.75) is 25.3 Å². The fraction of sp³-hybridized carbons (Fsp3) is 0.130. The van der Waals surface area contributed by atoms with Crippen molar-refractivity contribution in [2.75, 3.05) is 4.72 Å². The molecule has 0 unspecified atom stereocenters. The van der Waals surface area contributed by atoms with Crippen LogP contribution in [0, 0.1) is 6.92 Å². The fourth-order valence-electron chi connectivity index (χ4n) is 3.23. The summed E-state index contributed by atoms with van der Waals surface area (Å²) in [6, 6.07) is 18.2. The zero-order valence-corrected chi connectivity index (χ0v) is 19.8. The molecule has 1 aromatic heterocycles. The highest BCUT2D eigenvalue weighted by Gasteiger charge is 2.15. The van der Waals surface area contributed by atoms with Crippen LogP contribution in [0.4, 0.5) is 5.69 Å². The number of aryl methyl sites for hydroxylation is 2. The average molecular weight is 486 g/mol. The number of rotatable bonds is 5. The Kier molecular flexibility index (Phi) is 6.19. The minimum atomic E-state index is -3.76. The van der Waals surface area contributed by atoms with Gasteiger partial charge >= 0.3 is 0 Å². The number of nitrogens with zero attached hydrogens (tertiary/aromatic N) is 2. The quantitative estimate of drug-likeness (QED) is 0.420. The van der Waals surface area contributed by atoms with Gasteiger partial charge < -0.3 is 4.57 Å². The van der Waals surface area contributed by atoms with Gasteiger partial charge in [-0.05, 0) is 80.1 Å². The van der Waals surface area contributed by atoms with E-state index in [0.717, 1.165) is 15.8 Å². The van der Waals surface area contributed by atoms with Gasteiger partial charge in [0.2, 0.25) is 0 Å². The van der Waals surface area contributed by atoms with Crippen LogP contribution in [0.1, 0.15) is 22.8 Å². The number of benzene rings is 3. The van der Waals surface area contributed by atoms with Gasteiger partial charge in [0.15, 0.2) is 4.80 Å². The number of amides is 1. The molecule has 0 aliphatic carbocycles. The molecule has 9 heteroatoms. The van der Waals surface area contributed by atoms with Gasteiger partial charge in [-0.3, -0.25) is 9.52 Å². The lowest BCUT2D eigenvalue weighted by Crippen LogP contribution is -2.16. The zero-order valence-electron chi connectivity index (χ0n) is 17.4. The molecule has 164 valence electrons. The number of nitrogens with one attached hydrogen (secondary N) is 1. The minimum absolute atomic E-state index is 0.0983. The molecule has 4 rings (SSSR count). The standard InChI is InChI=1S/C23H20ClN3O3S2/c1-3-27-20-13-4-15(2)14-21(20)31-23(27)25-22(28)16-5-9-18(10-6-16)26-32(29,30)19-11-7-17(24)8-12-19/h4-14,26H,3H2,1-2H3. The summed E-state index contributed by atoms with van der Waals surface area (Å²) >= 11 is 7.29. The van der Waals surface area contributed by atoms with E-state index in [1.807, 2.05) is 30.5 Å². The molecule has 0 spiro atoms. The van der Waals surface area contributed by atoms with Gasteiger partial charge in [-0.15, -0.1) is 0 Å². The molecule has 0 bridgehead atoms. The first-order valence-electron chi connectivity index (χ1n) is 9.84. The van der Waals surface area contributed by atoms with Crippen LogP contribution in [0.15, 0.2) is 76.6 Å². The zero-order chi connectivity index (χ0) is 22.9. The topological polar surface area (TPSA) is 80.5 Å². The van der Waals surface area contributed by atoms with Gasteiger partial charge in [0.25, 0.3) is 15.9 Å². The van der Waals surface area contributed by atoms with Gasteiger partial charge in [0.1, 0.15) is 0 Å². The second-order valence-corrected chi connectivity index (χ2v) is 10.3. The Balaban J connectivity index is 1.59. The first kappa shape index (κ1) is 22.3. The Bertz CT molecular complexity index is 1470. The van der Waals surface area contributed by atoms with Crippen molar-refractivity contribution in [3.63, 3.8) is 0 Å². The van der Waals surface area contributed by atoms with Gasteiger partial charge in [0, 0.05) is 22.8 Å². The number of anilines is 1. The molecule has 0 atom stereocenters. The van der Waals surface area contributed by atoms with Crippen LogP contribution >= 0.6 is 22.9 Å². The second-order valence-electron chi connectivity index (χ2n) is 7.15. The van der Waals surface area contributed by atoms with Crippen molar-refractivity contribution in [1.82, 2.24) is 4.57 Å². The molecule has 6 nitrogen and oxygen atoms in total. The molecule has 1 heterocycles. The Morgan fingerprint density at radius 2 is 1.75 bits per heavy atom. The molecule has 0 aliphatic heterocycles. The number of sulfonamides is 1. The molecule has 1 amide bonds. The second kappa shape index (κ2) is 8.90. The highest BCUT2D eigenvalue weighted by atomic mass is 35.5. The Hall–Kier alpha value is -2.94. The molecular weight excluding hydrogens is 466 g/mol. The molecule has 3 aromatic carbocycles. The van der Waals surface area contributed by atoms with E-state index in [0.29, 0.717) is 27.6 Å². The van der Waals surface area contributed by atoms with Crippen LogP contribution in [0.3, 0.4) is 0 Å². The summed E-state index contributed by atoms with van der Waals surface area (Å²) < 4.78 is 30.6. The van der Waals surface area contributed by atoms with E-state index in [1.54, 1.807) is 24.3 Å². The number of hydrogen-bond acceptors (Lipinski definition) is 4. The number of aromatic nitrogens is 1. The van der Waals surface area contributed by atoms with Crippen LogP contribution in [0.5, 0.6) is 0 Å². The van der Waals surface area contributed by atoms with Gasteiger partial charge in [0.05, 0.1) is 15.1 Å². The number of thiazole rings is 1. The van der Waals surface area contributed by atoms with E-state index < -0.39 is 10.0 Å². The smallest absolute Gasteiger partial charge is 0.279 e. The van der Waals surface area contributed by atoms with Gasteiger partial charge in [-0.1, -0.05) is 29.0 Å². The Morgan fingerprint density at radius 3 is 2.41 bits per heavy atom. The van der Waals surface area contributed by atoms with Gasteiger partial charge in [-0.25, -0.2) is 8.42 Å². The van der Waals surface area contributed by atoms with E-state index in [4.69, 9.17) is 11.6 Å². The summed E-state index contributed by atoms with van der Waals surface area (Å²) in [7, 11) is -3.76. The molecule has 4 aromatic rings. The van der Waals surface area contributed by atoms with Crippen LogP contribution < -0.4 is 9.52 Å². The van der Waals surface area contributed by atoms with E-state index in [-0.39, 0.29) is 10.8 Å². The van der Waals surface area contributed by atoms with Crippen molar-refractivity contribution < 1.29 is 13.2 Å². The maximum absolute atomic E-state index is 12.8. The lowest BCUT2D eigenvalue weighted by Gasteiger charge is -2.08. The van der Waals surface area contributed by atoms with Crippen molar-refractivity contribution in [1.29, 1.82) is 0 Å². The molecule has 0 fully saturated rings. The lowest BCUT2D eigenvalue weighted by molar-refractivity contribution is 0.0998. The molecule has 0 saturated heterocycles. The maximum Gasteiger partial charge on any atom is 0.279 e. The molecule has 0 aliphatic rings. The predicted molar refractivity (Wildman–Crippen MR) is 129 cm³/mol. The highest BCUT2D eigenvalue weighted by molar-refractivity contribution is 7.92. The third-order valence-corrected chi connectivity index (χ3v) is 7.55. The van der Waals surface area contributed by atoms with Crippen LogP contribution in [0.25, 0.3) is 10.2 Å². The molecule has 1 N–H and O–H groups in total. The predicted octanol–water partition coefficient (Wildman–Crippen LogP) is 5.23. The largest absolute Gasteiger partial charge is 0.317 e. The fourth-order valence-corrected chi connectivity index (χ4v) is 5.61. The number of halogens is 1. The van der Waals surface area contributed by atoms with Crippen molar-refractivity contribution >= 4 is 54.8 Å². The van der Waals surface area contributed by atoms with Crippen LogP contribution in [-0.2, 0) is 16.6 Å². The average Bonchev–Trinajstić information content (AvgIpc) is 3.10. The molecule has 0 radical (unpaired) electrons. The third kappa shape index (κ3) is 4.62. The van der Waals surface area contributed by atoms with Crippen molar-refractivity contribution in [3.8, 4) is 0 Å². The summed E-state index contributed by atoms with van der Waals surface area (Å²) in [4.78, 5) is 17.8. The first-order valence-corrected chi connectivity index (χ1v) is 12.5. The SMILES string of the molecule is CCn1c(=NC(=O)c2ccc(NS(=O)(=O)c3ccc(Cl)cc3)cc2)sc2cc(C)ccc21. The number of hydrogen-bond donors (Lipinski definition) is 1. The third-order valence-electron chi connectivity index (χ3n) is 4.86. The normalized spacial score (nSPS) is 12.3. The first-order chi connectivity index (χ1) is 15.3. The van der Waals surface area contributed by atoms with E-state index in [9.17, 15) is 13.2 Å². The molecule has 32 heavy (non-hydrogen) atoms. The van der Waals surface area contributed by atoms with Crippen LogP contribution in [0.2, 0.25) is 5.02 Å². The van der Waals surface area contributed by atoms with E-state index in [2.05, 4.69) is 15.8 Å². The number of carbonyl (C=O) groups excluding carboxylic acids is 1. The van der Waals surface area contributed by atoms with Crippen molar-refractivity contribution in [3.05, 3.63) is 87.7 Å². The van der Waals surface area contributed by atoms with E-state index >= 15 is 0 Å². The summed E-state index contributed by atoms with van der Waals surface area (Å²) in [6.45, 7) is 4.73. The van der Waals surface area contributed by atoms with Gasteiger partial charge in [-0.2, -0.15) is 4.99 Å².